The van der Waals surface area contributed by atoms with Crippen LogP contribution in [0.1, 0.15) is 73.8 Å². The molecule has 73 heavy (non-hydrogen) atoms. The third-order valence-electron chi connectivity index (χ3n) is 12.8. The summed E-state index contributed by atoms with van der Waals surface area (Å²) in [6, 6.07) is 19.5. The Kier molecular flexibility index (Phi) is 21.0. The van der Waals surface area contributed by atoms with E-state index in [1.807, 2.05) is 54.6 Å². The van der Waals surface area contributed by atoms with Crippen LogP contribution in [0, 0.1) is 0 Å². The van der Waals surface area contributed by atoms with E-state index in [0.29, 0.717) is 42.4 Å². The van der Waals surface area contributed by atoms with Crippen molar-refractivity contribution in [3.05, 3.63) is 125 Å². The Hall–Kier alpha value is -7.23. The van der Waals surface area contributed by atoms with Crippen molar-refractivity contribution in [2.75, 3.05) is 13.1 Å². The van der Waals surface area contributed by atoms with Gasteiger partial charge in [0.2, 0.25) is 29.5 Å². The fourth-order valence-corrected chi connectivity index (χ4v) is 8.60. The smallest absolute Gasteiger partial charge is 0.328 e. The number of hydrogen-bond acceptors (Lipinski definition) is 13. The minimum absolute atomic E-state index is 0.0128. The number of carbonyl (C=O) groups is 7. The predicted octanol–water partition coefficient (Wildman–Crippen LogP) is 0.622. The molecule has 9 atom stereocenters. The van der Waals surface area contributed by atoms with Crippen LogP contribution in [0.25, 0.3) is 11.1 Å². The molecule has 9 unspecified atom stereocenters. The Morgan fingerprint density at radius 2 is 1.19 bits per heavy atom. The van der Waals surface area contributed by atoms with Crippen molar-refractivity contribution in [2.24, 2.45) is 17.2 Å². The van der Waals surface area contributed by atoms with Gasteiger partial charge < -0.3 is 68.9 Å². The molecule has 4 aromatic rings. The number of carboxylic acid groups (broad SMARTS) is 2. The third kappa shape index (κ3) is 16.4. The van der Waals surface area contributed by atoms with Crippen molar-refractivity contribution in [3.8, 4) is 16.9 Å². The molecule has 20 nitrogen and oxygen atoms in total. The number of aromatic hydroxyl groups is 1. The van der Waals surface area contributed by atoms with Gasteiger partial charge in [-0.2, -0.15) is 0 Å². The Labute approximate surface area is 423 Å². The zero-order chi connectivity index (χ0) is 53.4. The molecular formula is C53H68N8O12. The van der Waals surface area contributed by atoms with Crippen molar-refractivity contribution in [2.45, 2.75) is 126 Å². The number of likely N-dealkylation sites (tertiary alicyclic amines) is 1. The number of phenolic OH excluding ortho intramolecular Hbond substituents is 1. The molecule has 5 amide bonds. The Bertz CT molecular complexity index is 2530. The van der Waals surface area contributed by atoms with E-state index in [2.05, 4.69) is 21.3 Å². The molecule has 0 bridgehead atoms. The lowest BCUT2D eigenvalue weighted by Gasteiger charge is -2.32. The number of unbranched alkanes of at least 4 members (excludes halogenated alkanes) is 1. The number of amides is 5. The van der Waals surface area contributed by atoms with Crippen LogP contribution < -0.4 is 38.5 Å². The number of aliphatic carboxylic acids is 2. The van der Waals surface area contributed by atoms with Crippen molar-refractivity contribution >= 4 is 41.5 Å². The van der Waals surface area contributed by atoms with E-state index in [0.717, 1.165) is 22.3 Å². The Morgan fingerprint density at radius 1 is 0.630 bits per heavy atom. The van der Waals surface area contributed by atoms with Gasteiger partial charge in [0.05, 0.1) is 18.2 Å². The second-order valence-corrected chi connectivity index (χ2v) is 18.6. The number of phenols is 1. The normalized spacial score (nSPS) is 16.6. The first-order valence-corrected chi connectivity index (χ1v) is 24.3. The second-order valence-electron chi connectivity index (χ2n) is 18.6. The van der Waals surface area contributed by atoms with Gasteiger partial charge in [0.1, 0.15) is 36.0 Å². The number of nitrogens with zero attached hydrogens (tertiary/aromatic N) is 1. The molecule has 0 aliphatic carbocycles. The quantitative estimate of drug-likeness (QED) is 0.0384. The SMILES string of the molecule is CC(O)C(NC(=O)C(CCCCN)NC(=O)C1CCCN1C(=O)C(NC(=O)C(Cc1ccc(O)c(Cc2ccccc2)c1)NC(=O)C(N)Cc1ccc(-c2ccc(CC(N)C(=O)O)cc2)cc1)C(C)O)C(=O)O. The number of carbonyl (C=O) groups excluding carboxylic acids is 5. The molecule has 0 spiro atoms. The van der Waals surface area contributed by atoms with E-state index >= 15 is 0 Å². The summed E-state index contributed by atoms with van der Waals surface area (Å²) in [5, 5.41) is 60.7. The number of benzene rings is 4. The van der Waals surface area contributed by atoms with Crippen LogP contribution in [-0.4, -0.2) is 139 Å². The molecule has 0 aromatic heterocycles. The summed E-state index contributed by atoms with van der Waals surface area (Å²) in [4.78, 5) is 94.0. The van der Waals surface area contributed by atoms with Gasteiger partial charge in [-0.3, -0.25) is 28.8 Å². The van der Waals surface area contributed by atoms with E-state index in [1.54, 1.807) is 36.4 Å². The fraction of sp³-hybridized carbons (Fsp3) is 0.415. The highest BCUT2D eigenvalue weighted by molar-refractivity contribution is 5.97. The molecule has 0 radical (unpaired) electrons. The van der Waals surface area contributed by atoms with Crippen LogP contribution in [0.3, 0.4) is 0 Å². The summed E-state index contributed by atoms with van der Waals surface area (Å²) < 4.78 is 0. The van der Waals surface area contributed by atoms with Crippen LogP contribution in [0.4, 0.5) is 0 Å². The molecule has 20 heteroatoms. The van der Waals surface area contributed by atoms with E-state index in [-0.39, 0.29) is 50.9 Å². The van der Waals surface area contributed by atoms with Gasteiger partial charge in [-0.1, -0.05) is 91.0 Å². The van der Waals surface area contributed by atoms with Crippen molar-refractivity contribution in [1.82, 2.24) is 26.2 Å². The van der Waals surface area contributed by atoms with Crippen LogP contribution in [-0.2, 0) is 59.2 Å². The molecule has 1 heterocycles. The number of aliphatic hydroxyl groups excluding tert-OH is 2. The number of hydrogen-bond donors (Lipinski definition) is 12. The van der Waals surface area contributed by atoms with Gasteiger partial charge in [-0.25, -0.2) is 4.79 Å². The van der Waals surface area contributed by atoms with E-state index < -0.39 is 96.0 Å². The minimum Gasteiger partial charge on any atom is -0.508 e. The maximum absolute atomic E-state index is 14.4. The number of aliphatic hydroxyl groups is 2. The molecule has 1 aliphatic heterocycles. The summed E-state index contributed by atoms with van der Waals surface area (Å²) in [7, 11) is 0. The summed E-state index contributed by atoms with van der Waals surface area (Å²) in [6.07, 6.45) is -1.07. The highest BCUT2D eigenvalue weighted by Crippen LogP contribution is 2.25. The molecule has 5 rings (SSSR count). The molecule has 4 aromatic carbocycles. The van der Waals surface area contributed by atoms with E-state index in [9.17, 15) is 54.0 Å². The number of nitrogens with one attached hydrogen (secondary N) is 4. The molecule has 392 valence electrons. The van der Waals surface area contributed by atoms with Gasteiger partial charge in [0, 0.05) is 19.4 Å². The van der Waals surface area contributed by atoms with Gasteiger partial charge in [0.25, 0.3) is 0 Å². The van der Waals surface area contributed by atoms with E-state index in [1.165, 1.54) is 24.8 Å². The first kappa shape index (κ1) is 56.7. The minimum atomic E-state index is -1.66. The van der Waals surface area contributed by atoms with Crippen molar-refractivity contribution in [1.29, 1.82) is 0 Å². The highest BCUT2D eigenvalue weighted by atomic mass is 16.4. The standard InChI is InChI=1S/C53H68N8O12/c1-30(62)45(51(69)61-24-8-12-43(61)50(68)57-41(11-6-7-23-54)48(66)60-46(31(2)63)53(72)73)59-49(67)42(29-35-17-22-44(64)38(26-35)25-32-9-4-3-5-10-32)58-47(65)39(55)27-33-13-18-36(19-14-33)37-20-15-34(16-21-37)28-40(56)52(70)71/h3-5,9-10,13-22,26,30-31,39-43,45-46,62-64H,6-8,11-12,23-25,27-29,54-56H2,1-2H3,(H,57,68)(H,58,65)(H,59,67)(H,60,66)(H,70,71)(H,72,73). The average Bonchev–Trinajstić information content (AvgIpc) is 3.86. The van der Waals surface area contributed by atoms with Crippen LogP contribution in [0.2, 0.25) is 0 Å². The fourth-order valence-electron chi connectivity index (χ4n) is 8.60. The van der Waals surface area contributed by atoms with Crippen molar-refractivity contribution < 1.29 is 59.1 Å². The first-order valence-electron chi connectivity index (χ1n) is 24.3. The molecule has 15 N–H and O–H groups in total. The molecule has 1 fully saturated rings. The van der Waals surface area contributed by atoms with Crippen LogP contribution >= 0.6 is 0 Å². The van der Waals surface area contributed by atoms with E-state index in [4.69, 9.17) is 22.3 Å². The molecular weight excluding hydrogens is 941 g/mol. The summed E-state index contributed by atoms with van der Waals surface area (Å²) in [5.74, 6) is -6.54. The largest absolute Gasteiger partial charge is 0.508 e. The maximum Gasteiger partial charge on any atom is 0.328 e. The summed E-state index contributed by atoms with van der Waals surface area (Å²) >= 11 is 0. The highest BCUT2D eigenvalue weighted by Gasteiger charge is 2.41. The topological polar surface area (TPSA) is 350 Å². The zero-order valence-corrected chi connectivity index (χ0v) is 41.0. The van der Waals surface area contributed by atoms with Gasteiger partial charge >= 0.3 is 11.9 Å². The Morgan fingerprint density at radius 3 is 1.75 bits per heavy atom. The van der Waals surface area contributed by atoms with Crippen LogP contribution in [0.15, 0.2) is 97.1 Å². The third-order valence-corrected chi connectivity index (χ3v) is 12.8. The number of rotatable bonds is 26. The van der Waals surface area contributed by atoms with Crippen LogP contribution in [0.5, 0.6) is 5.75 Å². The monoisotopic (exact) mass is 1010 g/mol. The van der Waals surface area contributed by atoms with Gasteiger partial charge in [-0.05, 0) is 110 Å². The maximum atomic E-state index is 14.4. The summed E-state index contributed by atoms with van der Waals surface area (Å²) in [5.41, 5.74) is 23.0. The number of carboxylic acids is 2. The Balaban J connectivity index is 1.34. The average molecular weight is 1010 g/mol. The lowest BCUT2D eigenvalue weighted by molar-refractivity contribution is -0.146. The number of nitrogens with two attached hydrogens (primary N) is 3. The van der Waals surface area contributed by atoms with Gasteiger partial charge in [0.15, 0.2) is 6.04 Å². The first-order chi connectivity index (χ1) is 34.8. The lowest BCUT2D eigenvalue weighted by Crippen LogP contribution is -2.61. The van der Waals surface area contributed by atoms with Gasteiger partial charge in [-0.15, -0.1) is 0 Å². The second kappa shape index (κ2) is 27.0. The van der Waals surface area contributed by atoms with Crippen molar-refractivity contribution in [3.63, 3.8) is 0 Å². The lowest BCUT2D eigenvalue weighted by atomic mass is 9.97. The predicted molar refractivity (Wildman–Crippen MR) is 270 cm³/mol. The zero-order valence-electron chi connectivity index (χ0n) is 41.0. The summed E-state index contributed by atoms with van der Waals surface area (Å²) in [6.45, 7) is 2.81. The molecule has 0 saturated carbocycles. The molecule has 1 saturated heterocycles. The molecule has 1 aliphatic rings.